The van der Waals surface area contributed by atoms with Crippen LogP contribution >= 0.6 is 23.5 Å². The standard InChI is InChI=1S/C13H17NO4S3/c15-13(16)11-3-1-10(2-4-11)9-21(17,18)14-7-12-8-19-5-6-20-12/h1-4,12,14H,5-9H2,(H,15,16). The summed E-state index contributed by atoms with van der Waals surface area (Å²) in [5.41, 5.74) is 0.734. The van der Waals surface area contributed by atoms with Crippen LogP contribution in [0.1, 0.15) is 15.9 Å². The predicted molar refractivity (Wildman–Crippen MR) is 87.6 cm³/mol. The van der Waals surface area contributed by atoms with Crippen molar-refractivity contribution < 1.29 is 18.3 Å². The third-order valence-corrected chi connectivity index (χ3v) is 7.14. The number of thioether (sulfide) groups is 2. The van der Waals surface area contributed by atoms with Gasteiger partial charge in [-0.3, -0.25) is 0 Å². The monoisotopic (exact) mass is 347 g/mol. The normalized spacial score (nSPS) is 19.3. The predicted octanol–water partition coefficient (Wildman–Crippen LogP) is 1.65. The van der Waals surface area contributed by atoms with E-state index >= 15 is 0 Å². The summed E-state index contributed by atoms with van der Waals surface area (Å²) in [6, 6.07) is 5.91. The van der Waals surface area contributed by atoms with Gasteiger partial charge < -0.3 is 5.11 Å². The van der Waals surface area contributed by atoms with Gasteiger partial charge in [-0.1, -0.05) is 12.1 Å². The summed E-state index contributed by atoms with van der Waals surface area (Å²) in [7, 11) is -3.39. The Kier molecular flexibility index (Phi) is 5.98. The van der Waals surface area contributed by atoms with E-state index in [0.29, 0.717) is 17.4 Å². The van der Waals surface area contributed by atoms with Crippen LogP contribution < -0.4 is 4.72 Å². The third-order valence-electron chi connectivity index (χ3n) is 2.97. The van der Waals surface area contributed by atoms with Crippen molar-refractivity contribution >= 4 is 39.5 Å². The Balaban J connectivity index is 1.89. The zero-order valence-corrected chi connectivity index (χ0v) is 13.8. The molecule has 0 spiro atoms. The van der Waals surface area contributed by atoms with Crippen molar-refractivity contribution in [1.82, 2.24) is 4.72 Å². The van der Waals surface area contributed by atoms with Gasteiger partial charge in [0.15, 0.2) is 0 Å². The first-order valence-corrected chi connectivity index (χ1v) is 10.3. The molecule has 1 fully saturated rings. The fourth-order valence-electron chi connectivity index (χ4n) is 1.89. The van der Waals surface area contributed by atoms with Crippen LogP contribution in [0.25, 0.3) is 0 Å². The van der Waals surface area contributed by atoms with Crippen LogP contribution in [0.4, 0.5) is 0 Å². The second-order valence-corrected chi connectivity index (χ2v) is 9.04. The molecule has 2 rings (SSSR count). The van der Waals surface area contributed by atoms with Gasteiger partial charge in [-0.25, -0.2) is 17.9 Å². The van der Waals surface area contributed by atoms with E-state index in [1.54, 1.807) is 11.8 Å². The molecule has 1 unspecified atom stereocenters. The van der Waals surface area contributed by atoms with Crippen LogP contribution in [0.2, 0.25) is 0 Å². The van der Waals surface area contributed by atoms with Gasteiger partial charge >= 0.3 is 5.97 Å². The van der Waals surface area contributed by atoms with E-state index in [-0.39, 0.29) is 11.3 Å². The van der Waals surface area contributed by atoms with Crippen LogP contribution in [-0.2, 0) is 15.8 Å². The molecule has 0 bridgehead atoms. The molecule has 1 saturated heterocycles. The maximum Gasteiger partial charge on any atom is 0.335 e. The van der Waals surface area contributed by atoms with E-state index in [2.05, 4.69) is 4.72 Å². The molecule has 0 aliphatic carbocycles. The molecule has 0 saturated carbocycles. The number of hydrogen-bond donors (Lipinski definition) is 2. The van der Waals surface area contributed by atoms with Gasteiger partial charge in [0, 0.05) is 29.1 Å². The molecule has 0 radical (unpaired) electrons. The molecule has 1 aromatic rings. The summed E-state index contributed by atoms with van der Waals surface area (Å²) in [6.07, 6.45) is 0. The lowest BCUT2D eigenvalue weighted by Gasteiger charge is -2.21. The molecule has 1 aromatic carbocycles. The molecule has 8 heteroatoms. The molecule has 1 atom stereocenters. The van der Waals surface area contributed by atoms with Crippen molar-refractivity contribution in [3.8, 4) is 0 Å². The molecule has 0 amide bonds. The van der Waals surface area contributed by atoms with Crippen LogP contribution in [-0.4, -0.2) is 48.5 Å². The first-order chi connectivity index (χ1) is 9.96. The minimum Gasteiger partial charge on any atom is -0.478 e. The smallest absolute Gasteiger partial charge is 0.335 e. The van der Waals surface area contributed by atoms with Crippen molar-refractivity contribution in [3.05, 3.63) is 35.4 Å². The Bertz CT molecular complexity index is 580. The van der Waals surface area contributed by atoms with Crippen molar-refractivity contribution in [2.45, 2.75) is 11.0 Å². The number of hydrogen-bond acceptors (Lipinski definition) is 5. The molecule has 1 aliphatic heterocycles. The van der Waals surface area contributed by atoms with E-state index < -0.39 is 16.0 Å². The summed E-state index contributed by atoms with van der Waals surface area (Å²) >= 11 is 3.65. The van der Waals surface area contributed by atoms with Gasteiger partial charge in [0.2, 0.25) is 10.0 Å². The number of carboxylic acid groups (broad SMARTS) is 1. The lowest BCUT2D eigenvalue weighted by molar-refractivity contribution is 0.0697. The number of carbonyl (C=O) groups is 1. The van der Waals surface area contributed by atoms with E-state index in [0.717, 1.165) is 17.3 Å². The number of nitrogens with one attached hydrogen (secondary N) is 1. The average Bonchev–Trinajstić information content (AvgIpc) is 2.46. The topological polar surface area (TPSA) is 83.5 Å². The highest BCUT2D eigenvalue weighted by atomic mass is 32.2. The number of rotatable bonds is 6. The Morgan fingerprint density at radius 3 is 2.57 bits per heavy atom. The lowest BCUT2D eigenvalue weighted by Crippen LogP contribution is -2.34. The molecule has 2 N–H and O–H groups in total. The fourth-order valence-corrected chi connectivity index (χ4v) is 5.79. The van der Waals surface area contributed by atoms with Crippen LogP contribution in [0.3, 0.4) is 0 Å². The van der Waals surface area contributed by atoms with Crippen molar-refractivity contribution in [3.63, 3.8) is 0 Å². The van der Waals surface area contributed by atoms with E-state index in [1.807, 2.05) is 11.8 Å². The van der Waals surface area contributed by atoms with Gasteiger partial charge in [-0.2, -0.15) is 23.5 Å². The number of carboxylic acids is 1. The maximum absolute atomic E-state index is 12.0. The lowest BCUT2D eigenvalue weighted by atomic mass is 10.1. The third kappa shape index (κ3) is 5.54. The Labute approximate surface area is 132 Å². The minimum atomic E-state index is -3.39. The van der Waals surface area contributed by atoms with E-state index in [9.17, 15) is 13.2 Å². The first-order valence-electron chi connectivity index (χ1n) is 6.45. The van der Waals surface area contributed by atoms with Gasteiger partial charge in [-0.05, 0) is 17.7 Å². The molecule has 5 nitrogen and oxygen atoms in total. The first kappa shape index (κ1) is 16.7. The van der Waals surface area contributed by atoms with Crippen LogP contribution in [0, 0.1) is 0 Å². The van der Waals surface area contributed by atoms with Crippen molar-refractivity contribution in [2.24, 2.45) is 0 Å². The van der Waals surface area contributed by atoms with E-state index in [4.69, 9.17) is 5.11 Å². The Hall–Kier alpha value is -0.700. The number of benzene rings is 1. The number of aromatic carboxylic acids is 1. The zero-order chi connectivity index (χ0) is 15.3. The Morgan fingerprint density at radius 2 is 2.00 bits per heavy atom. The quantitative estimate of drug-likeness (QED) is 0.814. The van der Waals surface area contributed by atoms with Crippen LogP contribution in [0.15, 0.2) is 24.3 Å². The van der Waals surface area contributed by atoms with Gasteiger partial charge in [0.05, 0.1) is 11.3 Å². The molecule has 21 heavy (non-hydrogen) atoms. The van der Waals surface area contributed by atoms with Crippen LogP contribution in [0.5, 0.6) is 0 Å². The highest BCUT2D eigenvalue weighted by Gasteiger charge is 2.18. The highest BCUT2D eigenvalue weighted by molar-refractivity contribution is 8.06. The molecule has 1 aliphatic rings. The second-order valence-electron chi connectivity index (χ2n) is 4.68. The summed E-state index contributed by atoms with van der Waals surface area (Å²) < 4.78 is 26.7. The SMILES string of the molecule is O=C(O)c1ccc(CS(=O)(=O)NCC2CSCCS2)cc1. The molecule has 0 aromatic heterocycles. The maximum atomic E-state index is 12.0. The highest BCUT2D eigenvalue weighted by Crippen LogP contribution is 2.23. The molecular formula is C13H17NO4S3. The minimum absolute atomic E-state index is 0.128. The van der Waals surface area contributed by atoms with E-state index in [1.165, 1.54) is 24.3 Å². The Morgan fingerprint density at radius 1 is 1.29 bits per heavy atom. The van der Waals surface area contributed by atoms with Crippen molar-refractivity contribution in [1.29, 1.82) is 0 Å². The zero-order valence-electron chi connectivity index (χ0n) is 11.3. The largest absolute Gasteiger partial charge is 0.478 e. The summed E-state index contributed by atoms with van der Waals surface area (Å²) in [4.78, 5) is 10.7. The van der Waals surface area contributed by atoms with Gasteiger partial charge in [-0.15, -0.1) is 0 Å². The average molecular weight is 347 g/mol. The summed E-state index contributed by atoms with van der Waals surface area (Å²) in [5.74, 6) is 2.02. The fraction of sp³-hybridized carbons (Fsp3) is 0.462. The summed E-state index contributed by atoms with van der Waals surface area (Å²) in [6.45, 7) is 0.452. The second kappa shape index (κ2) is 7.53. The number of sulfonamides is 1. The van der Waals surface area contributed by atoms with Crippen molar-refractivity contribution in [2.75, 3.05) is 23.8 Å². The molecule has 1 heterocycles. The molecular weight excluding hydrogens is 330 g/mol. The van der Waals surface area contributed by atoms with Gasteiger partial charge in [0.1, 0.15) is 0 Å². The van der Waals surface area contributed by atoms with Gasteiger partial charge in [0.25, 0.3) is 0 Å². The summed E-state index contributed by atoms with van der Waals surface area (Å²) in [5, 5.41) is 9.13. The molecule has 116 valence electrons.